The van der Waals surface area contributed by atoms with E-state index in [1.165, 1.54) is 0 Å². The molecule has 1 atom stereocenters. The summed E-state index contributed by atoms with van der Waals surface area (Å²) >= 11 is 0. The molecule has 1 unspecified atom stereocenters. The third-order valence-electron chi connectivity index (χ3n) is 5.49. The van der Waals surface area contributed by atoms with Gasteiger partial charge in [0, 0.05) is 6.20 Å². The van der Waals surface area contributed by atoms with Gasteiger partial charge in [-0.25, -0.2) is 19.7 Å². The zero-order valence-corrected chi connectivity index (χ0v) is 19.6. The molecule has 0 radical (unpaired) electrons. The number of hydrogen-bond acceptors (Lipinski definition) is 8. The van der Waals surface area contributed by atoms with E-state index in [4.69, 9.17) is 23.5 Å². The van der Waals surface area contributed by atoms with Crippen molar-refractivity contribution in [3.63, 3.8) is 0 Å². The Kier molecular flexibility index (Phi) is 6.27. The summed E-state index contributed by atoms with van der Waals surface area (Å²) in [4.78, 5) is 39.1. The summed E-state index contributed by atoms with van der Waals surface area (Å²) in [7, 11) is 0. The molecule has 0 saturated heterocycles. The van der Waals surface area contributed by atoms with Crippen molar-refractivity contribution in [2.24, 2.45) is 0 Å². The number of nitrogens with one attached hydrogen (secondary N) is 1. The van der Waals surface area contributed by atoms with Crippen molar-refractivity contribution >= 4 is 28.7 Å². The summed E-state index contributed by atoms with van der Waals surface area (Å²) in [6.07, 6.45) is 4.01. The number of carbonyl (C=O) groups is 2. The van der Waals surface area contributed by atoms with Crippen LogP contribution in [0.1, 0.15) is 29.3 Å². The van der Waals surface area contributed by atoms with Gasteiger partial charge in [-0.05, 0) is 73.5 Å². The molecule has 0 fully saturated rings. The van der Waals surface area contributed by atoms with Crippen LogP contribution in [0.5, 0.6) is 0 Å². The zero-order valence-electron chi connectivity index (χ0n) is 19.6. The van der Waals surface area contributed by atoms with Crippen LogP contribution >= 0.6 is 0 Å². The Morgan fingerprint density at radius 1 is 0.944 bits per heavy atom. The lowest BCUT2D eigenvalue weighted by molar-refractivity contribution is -0.124. The number of aryl methyl sites for hydroxylation is 1. The van der Waals surface area contributed by atoms with Crippen molar-refractivity contribution < 1.29 is 23.2 Å². The number of amides is 1. The van der Waals surface area contributed by atoms with Gasteiger partial charge in [0.2, 0.25) is 0 Å². The number of ether oxygens (including phenoxy) is 1. The number of fused-ring (bicyclic) bond motifs is 1. The second-order valence-electron chi connectivity index (χ2n) is 8.09. The van der Waals surface area contributed by atoms with E-state index in [1.54, 1.807) is 74.2 Å². The first-order valence-electron chi connectivity index (χ1n) is 11.4. The molecule has 0 aliphatic rings. The van der Waals surface area contributed by atoms with E-state index >= 15 is 0 Å². The summed E-state index contributed by atoms with van der Waals surface area (Å²) in [5.74, 6) is 0.351. The predicted molar refractivity (Wildman–Crippen MR) is 132 cm³/mol. The summed E-state index contributed by atoms with van der Waals surface area (Å²) < 4.78 is 16.6. The SMILES string of the molecule is CCC(OC(=O)c1ccc2nc(-c3ccco3)c(-c3ccco3)nc2c1)C(=O)Nc1cc(C)ccn1. The Bertz CT molecular complexity index is 1530. The minimum absolute atomic E-state index is 0.243. The summed E-state index contributed by atoms with van der Waals surface area (Å²) in [6, 6.07) is 15.5. The van der Waals surface area contributed by atoms with Crippen molar-refractivity contribution in [2.75, 3.05) is 5.32 Å². The Morgan fingerprint density at radius 3 is 2.25 bits per heavy atom. The van der Waals surface area contributed by atoms with Gasteiger partial charge in [-0.2, -0.15) is 0 Å². The second kappa shape index (κ2) is 9.83. The number of hydrogen-bond donors (Lipinski definition) is 1. The Morgan fingerprint density at radius 2 is 1.64 bits per heavy atom. The van der Waals surface area contributed by atoms with E-state index in [9.17, 15) is 9.59 Å². The van der Waals surface area contributed by atoms with Crippen LogP contribution in [0.25, 0.3) is 33.9 Å². The molecule has 36 heavy (non-hydrogen) atoms. The molecular formula is C27H22N4O5. The largest absolute Gasteiger partial charge is 0.463 e. The van der Waals surface area contributed by atoms with Gasteiger partial charge in [0.05, 0.1) is 29.1 Å². The van der Waals surface area contributed by atoms with Crippen LogP contribution in [0.3, 0.4) is 0 Å². The van der Waals surface area contributed by atoms with Gasteiger partial charge in [-0.3, -0.25) is 4.79 Å². The van der Waals surface area contributed by atoms with Crippen LogP contribution in [0.4, 0.5) is 5.82 Å². The number of rotatable bonds is 7. The van der Waals surface area contributed by atoms with Crippen LogP contribution in [-0.4, -0.2) is 32.9 Å². The average Bonchev–Trinajstić information content (AvgIpc) is 3.61. The van der Waals surface area contributed by atoms with Gasteiger partial charge < -0.3 is 18.9 Å². The molecule has 9 heteroatoms. The Balaban J connectivity index is 1.42. The second-order valence-corrected chi connectivity index (χ2v) is 8.09. The molecule has 0 bridgehead atoms. The highest BCUT2D eigenvalue weighted by Crippen LogP contribution is 2.31. The highest BCUT2D eigenvalue weighted by atomic mass is 16.5. The molecule has 1 aromatic carbocycles. The minimum atomic E-state index is -0.985. The van der Waals surface area contributed by atoms with E-state index in [0.29, 0.717) is 46.2 Å². The van der Waals surface area contributed by atoms with Gasteiger partial charge in [0.25, 0.3) is 5.91 Å². The van der Waals surface area contributed by atoms with Gasteiger partial charge in [0.1, 0.15) is 17.2 Å². The smallest absolute Gasteiger partial charge is 0.338 e. The quantitative estimate of drug-likeness (QED) is 0.305. The normalized spacial score (nSPS) is 11.8. The Hall–Kier alpha value is -4.79. The van der Waals surface area contributed by atoms with Crippen LogP contribution in [0.2, 0.25) is 0 Å². The number of benzene rings is 1. The number of aromatic nitrogens is 3. The number of carbonyl (C=O) groups excluding carboxylic acids is 2. The predicted octanol–water partition coefficient (Wildman–Crippen LogP) is 5.43. The van der Waals surface area contributed by atoms with E-state index in [0.717, 1.165) is 5.56 Å². The van der Waals surface area contributed by atoms with Crippen molar-refractivity contribution in [3.8, 4) is 22.9 Å². The average molecular weight is 482 g/mol. The zero-order chi connectivity index (χ0) is 25.1. The topological polar surface area (TPSA) is 120 Å². The summed E-state index contributed by atoms with van der Waals surface area (Å²) in [6.45, 7) is 3.66. The molecule has 0 saturated carbocycles. The molecule has 180 valence electrons. The third-order valence-corrected chi connectivity index (χ3v) is 5.49. The van der Waals surface area contributed by atoms with Gasteiger partial charge >= 0.3 is 5.97 Å². The number of furan rings is 2. The summed E-state index contributed by atoms with van der Waals surface area (Å²) in [5.41, 5.74) is 3.21. The monoisotopic (exact) mass is 482 g/mol. The lowest BCUT2D eigenvalue weighted by Gasteiger charge is -2.16. The van der Waals surface area contributed by atoms with E-state index in [1.807, 2.05) is 13.0 Å². The maximum absolute atomic E-state index is 12.9. The van der Waals surface area contributed by atoms with E-state index < -0.39 is 18.0 Å². The fraction of sp³-hybridized carbons (Fsp3) is 0.148. The first kappa shape index (κ1) is 23.0. The molecule has 1 amide bonds. The summed E-state index contributed by atoms with van der Waals surface area (Å²) in [5, 5.41) is 2.69. The molecule has 0 aliphatic carbocycles. The highest BCUT2D eigenvalue weighted by Gasteiger charge is 2.23. The third kappa shape index (κ3) is 4.72. The fourth-order valence-electron chi connectivity index (χ4n) is 3.68. The van der Waals surface area contributed by atoms with Crippen LogP contribution in [-0.2, 0) is 9.53 Å². The number of esters is 1. The maximum atomic E-state index is 12.9. The van der Waals surface area contributed by atoms with Gasteiger partial charge in [-0.1, -0.05) is 6.92 Å². The minimum Gasteiger partial charge on any atom is -0.463 e. The number of nitrogens with zero attached hydrogens (tertiary/aromatic N) is 3. The van der Waals surface area contributed by atoms with E-state index in [-0.39, 0.29) is 5.56 Å². The standard InChI is InChI=1S/C27H22N4O5/c1-3-20(26(32)31-23-14-16(2)10-11-28-23)36-27(33)17-8-9-18-19(15-17)30-25(22-7-5-13-35-22)24(29-18)21-6-4-12-34-21/h4-15,20H,3H2,1-2H3,(H,28,31,32). The van der Waals surface area contributed by atoms with Gasteiger partial charge in [-0.15, -0.1) is 0 Å². The molecule has 5 rings (SSSR count). The molecule has 0 aliphatic heterocycles. The van der Waals surface area contributed by atoms with Crippen LogP contribution in [0.15, 0.2) is 82.2 Å². The fourth-order valence-corrected chi connectivity index (χ4v) is 3.68. The lowest BCUT2D eigenvalue weighted by Crippen LogP contribution is -2.32. The Labute approximate surface area is 206 Å². The molecule has 4 aromatic heterocycles. The first-order valence-corrected chi connectivity index (χ1v) is 11.4. The maximum Gasteiger partial charge on any atom is 0.338 e. The lowest BCUT2D eigenvalue weighted by atomic mass is 10.1. The van der Waals surface area contributed by atoms with Crippen molar-refractivity contribution in [2.45, 2.75) is 26.4 Å². The van der Waals surface area contributed by atoms with E-state index in [2.05, 4.69) is 10.3 Å². The van der Waals surface area contributed by atoms with Crippen molar-refractivity contribution in [1.82, 2.24) is 15.0 Å². The molecule has 1 N–H and O–H groups in total. The van der Waals surface area contributed by atoms with Crippen molar-refractivity contribution in [3.05, 3.63) is 84.4 Å². The van der Waals surface area contributed by atoms with Crippen molar-refractivity contribution in [1.29, 1.82) is 0 Å². The molecular weight excluding hydrogens is 460 g/mol. The number of pyridine rings is 1. The first-order chi connectivity index (χ1) is 17.5. The molecule has 5 aromatic rings. The van der Waals surface area contributed by atoms with Crippen LogP contribution < -0.4 is 5.32 Å². The van der Waals surface area contributed by atoms with Crippen LogP contribution in [0, 0.1) is 6.92 Å². The number of anilines is 1. The molecule has 0 spiro atoms. The molecule has 4 heterocycles. The molecule has 9 nitrogen and oxygen atoms in total. The highest BCUT2D eigenvalue weighted by molar-refractivity contribution is 5.98. The van der Waals surface area contributed by atoms with Gasteiger partial charge in [0.15, 0.2) is 17.6 Å².